The second kappa shape index (κ2) is 12.5. The smallest absolute Gasteiger partial charge is 0.227 e. The van der Waals surface area contributed by atoms with E-state index in [1.165, 1.54) is 48.5 Å². The third kappa shape index (κ3) is 4.69. The highest BCUT2D eigenvalue weighted by Gasteiger charge is 2.21. The molecule has 14 rings (SSSR count). The molecule has 0 amide bonds. The highest BCUT2D eigenvalue weighted by atomic mass is 16.4. The van der Waals surface area contributed by atoms with Crippen LogP contribution in [0.15, 0.2) is 203 Å². The zero-order valence-corrected chi connectivity index (χ0v) is 33.1. The van der Waals surface area contributed by atoms with Gasteiger partial charge >= 0.3 is 0 Å². The van der Waals surface area contributed by atoms with Gasteiger partial charge in [0.1, 0.15) is 11.0 Å². The van der Waals surface area contributed by atoms with Gasteiger partial charge in [0.25, 0.3) is 0 Å². The van der Waals surface area contributed by atoms with Crippen molar-refractivity contribution in [2.45, 2.75) is 0 Å². The first kappa shape index (κ1) is 33.4. The maximum Gasteiger partial charge on any atom is 0.227 e. The summed E-state index contributed by atoms with van der Waals surface area (Å²) in [7, 11) is 0. The third-order valence-electron chi connectivity index (χ3n) is 12.7. The summed E-state index contributed by atoms with van der Waals surface area (Å²) < 4.78 is 17.7. The van der Waals surface area contributed by atoms with E-state index in [2.05, 4.69) is 179 Å². The summed E-state index contributed by atoms with van der Waals surface area (Å²) in [4.78, 5) is 9.88. The van der Waals surface area contributed by atoms with Crippen LogP contribution in [0.2, 0.25) is 0 Å². The van der Waals surface area contributed by atoms with Gasteiger partial charge in [0.2, 0.25) is 11.8 Å². The van der Waals surface area contributed by atoms with Gasteiger partial charge in [-0.1, -0.05) is 109 Å². The van der Waals surface area contributed by atoms with Gasteiger partial charge in [0, 0.05) is 49.8 Å². The van der Waals surface area contributed by atoms with Crippen molar-refractivity contribution in [2.75, 3.05) is 0 Å². The monoisotopic (exact) mass is 792 g/mol. The Balaban J connectivity index is 0.872. The topological polar surface area (TPSA) is 61.9 Å². The lowest BCUT2D eigenvalue weighted by molar-refractivity contribution is 0.614. The number of fused-ring (bicyclic) bond motifs is 15. The lowest BCUT2D eigenvalue weighted by atomic mass is 9.92. The summed E-state index contributed by atoms with van der Waals surface area (Å²) in [5.41, 5.74) is 11.4. The Morgan fingerprint density at radius 2 is 0.806 bits per heavy atom. The second-order valence-electron chi connectivity index (χ2n) is 16.1. The van der Waals surface area contributed by atoms with Crippen LogP contribution in [0, 0.1) is 0 Å². The number of hydrogen-bond acceptors (Lipinski definition) is 4. The largest absolute Gasteiger partial charge is 0.436 e. The lowest BCUT2D eigenvalue weighted by Crippen LogP contribution is -1.93. The third-order valence-corrected chi connectivity index (χ3v) is 12.7. The minimum atomic E-state index is 0.527. The van der Waals surface area contributed by atoms with Crippen molar-refractivity contribution in [3.05, 3.63) is 194 Å². The first-order valence-electron chi connectivity index (χ1n) is 20.9. The van der Waals surface area contributed by atoms with Crippen LogP contribution in [0.1, 0.15) is 0 Å². The van der Waals surface area contributed by atoms with Gasteiger partial charge < -0.3 is 18.0 Å². The van der Waals surface area contributed by atoms with Gasteiger partial charge in [-0.25, -0.2) is 9.97 Å². The van der Waals surface area contributed by atoms with E-state index < -0.39 is 0 Å². The molecule has 0 N–H and O–H groups in total. The molecule has 0 radical (unpaired) electrons. The Bertz CT molecular complexity index is 4130. The predicted octanol–water partition coefficient (Wildman–Crippen LogP) is 15.0. The van der Waals surface area contributed by atoms with Gasteiger partial charge in [-0.15, -0.1) is 0 Å². The van der Waals surface area contributed by atoms with Crippen LogP contribution in [0.25, 0.3) is 132 Å². The molecule has 0 saturated heterocycles. The summed E-state index contributed by atoms with van der Waals surface area (Å²) in [6, 6.07) is 68.5. The van der Waals surface area contributed by atoms with E-state index in [0.717, 1.165) is 61.0 Å². The predicted molar refractivity (Wildman–Crippen MR) is 254 cm³/mol. The highest BCUT2D eigenvalue weighted by Crippen LogP contribution is 2.44. The summed E-state index contributed by atoms with van der Waals surface area (Å²) in [5.74, 6) is 1.09. The normalized spacial score (nSPS) is 12.2. The minimum Gasteiger partial charge on any atom is -0.436 e. The number of hydrogen-bond donors (Lipinski definition) is 0. The number of para-hydroxylation sites is 3. The average Bonchev–Trinajstić information content (AvgIpc) is 4.12. The van der Waals surface area contributed by atoms with Crippen LogP contribution in [0.4, 0.5) is 0 Å². The first-order valence-corrected chi connectivity index (χ1v) is 20.9. The van der Waals surface area contributed by atoms with Crippen molar-refractivity contribution in [3.63, 3.8) is 0 Å². The van der Waals surface area contributed by atoms with E-state index in [9.17, 15) is 0 Å². The van der Waals surface area contributed by atoms with E-state index in [4.69, 9.17) is 18.8 Å². The molecule has 10 aromatic carbocycles. The van der Waals surface area contributed by atoms with Crippen molar-refractivity contribution in [2.24, 2.45) is 0 Å². The number of rotatable bonds is 4. The fraction of sp³-hybridized carbons (Fsp3) is 0. The molecule has 14 aromatic rings. The Kier molecular flexibility index (Phi) is 6.74. The Morgan fingerprint density at radius 3 is 1.55 bits per heavy atom. The number of benzene rings is 10. The van der Waals surface area contributed by atoms with Crippen LogP contribution in [-0.2, 0) is 0 Å². The fourth-order valence-electron chi connectivity index (χ4n) is 10.0. The molecule has 0 unspecified atom stereocenters. The fourth-order valence-corrected chi connectivity index (χ4v) is 10.0. The SMILES string of the molecule is c1ccc(-n2c3ccccc3c3cc(-c4nc5ccc(-c6nc7ccc(-n8c9ccccc9c9c%10c%11ccccc%11c%11ccccc%11c%10ccc98)cc7o6)cc5o4)ccc32)cc1. The maximum absolute atomic E-state index is 6.57. The summed E-state index contributed by atoms with van der Waals surface area (Å²) in [6.07, 6.45) is 0. The molecule has 4 aromatic heterocycles. The van der Waals surface area contributed by atoms with Crippen molar-refractivity contribution < 1.29 is 8.83 Å². The molecule has 0 aliphatic heterocycles. The molecule has 0 bridgehead atoms. The number of aromatic nitrogens is 4. The Hall–Kier alpha value is -8.48. The second-order valence-corrected chi connectivity index (χ2v) is 16.1. The standard InChI is InChI=1S/C56H32N4O2/c1-2-12-35(13-3-1)59-47-20-10-8-17-40(47)44-30-33(23-28-49(44)59)55-57-45-26-22-34(31-51(45)61-55)56-58-46-27-24-36(32-52(46)62-56)60-48-21-11-9-19-43(48)54-50(60)29-25-42-39-16-5-4-14-37(39)38-15-6-7-18-41(38)53(42)54/h1-32H. The quantitative estimate of drug-likeness (QED) is 0.167. The van der Waals surface area contributed by atoms with E-state index >= 15 is 0 Å². The molecule has 0 saturated carbocycles. The van der Waals surface area contributed by atoms with Crippen LogP contribution in [0.5, 0.6) is 0 Å². The van der Waals surface area contributed by atoms with Gasteiger partial charge in [0.05, 0.1) is 27.8 Å². The lowest BCUT2D eigenvalue weighted by Gasteiger charge is -2.12. The molecule has 0 aliphatic rings. The minimum absolute atomic E-state index is 0.527. The van der Waals surface area contributed by atoms with Crippen LogP contribution >= 0.6 is 0 Å². The molecule has 6 heteroatoms. The molecule has 4 heterocycles. The highest BCUT2D eigenvalue weighted by molar-refractivity contribution is 6.35. The average molecular weight is 793 g/mol. The van der Waals surface area contributed by atoms with E-state index in [1.54, 1.807) is 0 Å². The molecule has 0 aliphatic carbocycles. The van der Waals surface area contributed by atoms with Crippen molar-refractivity contribution in [3.8, 4) is 34.3 Å². The van der Waals surface area contributed by atoms with E-state index in [1.807, 2.05) is 24.3 Å². The molecule has 0 fully saturated rings. The zero-order chi connectivity index (χ0) is 40.5. The van der Waals surface area contributed by atoms with Gasteiger partial charge in [-0.2, -0.15) is 0 Å². The molecule has 62 heavy (non-hydrogen) atoms. The first-order chi connectivity index (χ1) is 30.7. The Labute approximate surface area is 353 Å². The van der Waals surface area contributed by atoms with Crippen LogP contribution in [-0.4, -0.2) is 19.1 Å². The zero-order valence-electron chi connectivity index (χ0n) is 33.1. The van der Waals surface area contributed by atoms with Crippen molar-refractivity contribution >= 4 is 98.1 Å². The van der Waals surface area contributed by atoms with Gasteiger partial charge in [-0.3, -0.25) is 0 Å². The summed E-state index contributed by atoms with van der Waals surface area (Å²) in [5, 5.41) is 12.4. The van der Waals surface area contributed by atoms with Crippen LogP contribution < -0.4 is 0 Å². The molecular formula is C56H32N4O2. The number of oxazole rings is 2. The van der Waals surface area contributed by atoms with Crippen molar-refractivity contribution in [1.29, 1.82) is 0 Å². The van der Waals surface area contributed by atoms with E-state index in [-0.39, 0.29) is 0 Å². The summed E-state index contributed by atoms with van der Waals surface area (Å²) in [6.45, 7) is 0. The van der Waals surface area contributed by atoms with Crippen molar-refractivity contribution in [1.82, 2.24) is 19.1 Å². The molecule has 6 nitrogen and oxygen atoms in total. The van der Waals surface area contributed by atoms with Crippen LogP contribution in [0.3, 0.4) is 0 Å². The molecule has 0 atom stereocenters. The van der Waals surface area contributed by atoms with Gasteiger partial charge in [0.15, 0.2) is 11.2 Å². The molecular weight excluding hydrogens is 761 g/mol. The summed E-state index contributed by atoms with van der Waals surface area (Å²) >= 11 is 0. The molecule has 0 spiro atoms. The number of nitrogens with zero attached hydrogens (tertiary/aromatic N) is 4. The Morgan fingerprint density at radius 1 is 0.306 bits per heavy atom. The maximum atomic E-state index is 6.57. The molecule has 288 valence electrons. The van der Waals surface area contributed by atoms with E-state index in [0.29, 0.717) is 22.9 Å². The van der Waals surface area contributed by atoms with Gasteiger partial charge in [-0.05, 0) is 106 Å².